The molecule has 1 aliphatic rings. The van der Waals surface area contributed by atoms with Gasteiger partial charge in [0, 0.05) is 25.2 Å². The highest BCUT2D eigenvalue weighted by molar-refractivity contribution is 5.95. The van der Waals surface area contributed by atoms with Crippen LogP contribution in [0.1, 0.15) is 27.0 Å². The molecule has 0 saturated carbocycles. The van der Waals surface area contributed by atoms with Crippen molar-refractivity contribution < 1.29 is 9.59 Å². The SMILES string of the molecule is C=CC(=O)N1CCN(C(=O)c2cc(C)cc(C#N)c2)C(Cc2ccccc2)C1. The second-order valence-corrected chi connectivity index (χ2v) is 7.03. The minimum atomic E-state index is -0.140. The number of carbonyl (C=O) groups is 2. The monoisotopic (exact) mass is 373 g/mol. The molecule has 1 unspecified atom stereocenters. The van der Waals surface area contributed by atoms with Crippen molar-refractivity contribution >= 4 is 11.8 Å². The predicted octanol–water partition coefficient (Wildman–Crippen LogP) is 2.95. The van der Waals surface area contributed by atoms with Crippen LogP contribution in [0, 0.1) is 18.3 Å². The van der Waals surface area contributed by atoms with Gasteiger partial charge in [0.05, 0.1) is 17.7 Å². The van der Waals surface area contributed by atoms with Crippen LogP contribution in [0.25, 0.3) is 0 Å². The third-order valence-electron chi connectivity index (χ3n) is 5.00. The summed E-state index contributed by atoms with van der Waals surface area (Å²) in [4.78, 5) is 28.9. The number of piperazine rings is 1. The molecular formula is C23H23N3O2. The summed E-state index contributed by atoms with van der Waals surface area (Å²) in [7, 11) is 0. The Morgan fingerprint density at radius 3 is 2.64 bits per heavy atom. The second-order valence-electron chi connectivity index (χ2n) is 7.03. The van der Waals surface area contributed by atoms with Crippen molar-refractivity contribution in [3.05, 3.63) is 83.4 Å². The highest BCUT2D eigenvalue weighted by Gasteiger charge is 2.32. The van der Waals surface area contributed by atoms with Crippen molar-refractivity contribution in [3.63, 3.8) is 0 Å². The van der Waals surface area contributed by atoms with Gasteiger partial charge in [-0.15, -0.1) is 0 Å². The van der Waals surface area contributed by atoms with Crippen LogP contribution < -0.4 is 0 Å². The largest absolute Gasteiger partial charge is 0.335 e. The standard InChI is InChI=1S/C23H23N3O2/c1-3-22(27)25-9-10-26(21(16-25)14-18-7-5-4-6-8-18)23(28)20-12-17(2)11-19(13-20)15-24/h3-8,11-13,21H,1,9-10,14,16H2,2H3. The summed E-state index contributed by atoms with van der Waals surface area (Å²) in [5.74, 6) is -0.223. The maximum absolute atomic E-state index is 13.3. The Bertz CT molecular complexity index is 931. The van der Waals surface area contributed by atoms with E-state index in [1.54, 1.807) is 17.0 Å². The summed E-state index contributed by atoms with van der Waals surface area (Å²) in [6.45, 7) is 6.83. The first kappa shape index (κ1) is 19.4. The van der Waals surface area contributed by atoms with Crippen molar-refractivity contribution in [2.45, 2.75) is 19.4 Å². The summed E-state index contributed by atoms with van der Waals surface area (Å²) in [6, 6.07) is 17.1. The van der Waals surface area contributed by atoms with E-state index in [9.17, 15) is 14.9 Å². The zero-order chi connectivity index (χ0) is 20.1. The van der Waals surface area contributed by atoms with Crippen molar-refractivity contribution in [1.29, 1.82) is 5.26 Å². The van der Waals surface area contributed by atoms with Crippen LogP contribution in [0.3, 0.4) is 0 Å². The van der Waals surface area contributed by atoms with Crippen molar-refractivity contribution in [2.75, 3.05) is 19.6 Å². The molecule has 0 N–H and O–H groups in total. The molecule has 28 heavy (non-hydrogen) atoms. The van der Waals surface area contributed by atoms with E-state index in [0.29, 0.717) is 37.2 Å². The third-order valence-corrected chi connectivity index (χ3v) is 5.00. The normalized spacial score (nSPS) is 16.4. The maximum atomic E-state index is 13.3. The first-order chi connectivity index (χ1) is 13.5. The van der Waals surface area contributed by atoms with Gasteiger partial charge in [-0.2, -0.15) is 5.26 Å². The Labute approximate surface area is 165 Å². The summed E-state index contributed by atoms with van der Waals surface area (Å²) >= 11 is 0. The number of benzene rings is 2. The molecule has 3 rings (SSSR count). The van der Waals surface area contributed by atoms with Gasteiger partial charge in [-0.3, -0.25) is 9.59 Å². The molecule has 0 aromatic heterocycles. The van der Waals surface area contributed by atoms with Gasteiger partial charge in [0.15, 0.2) is 0 Å². The third kappa shape index (κ3) is 4.29. The lowest BCUT2D eigenvalue weighted by atomic mass is 9.99. The molecule has 2 aromatic carbocycles. The van der Waals surface area contributed by atoms with Crippen molar-refractivity contribution in [1.82, 2.24) is 9.80 Å². The van der Waals surface area contributed by atoms with Crippen LogP contribution in [0.2, 0.25) is 0 Å². The van der Waals surface area contributed by atoms with Gasteiger partial charge in [0.25, 0.3) is 5.91 Å². The average Bonchev–Trinajstić information content (AvgIpc) is 2.72. The number of nitrogens with zero attached hydrogens (tertiary/aromatic N) is 3. The lowest BCUT2D eigenvalue weighted by molar-refractivity contribution is -0.128. The van der Waals surface area contributed by atoms with Gasteiger partial charge in [0.1, 0.15) is 0 Å². The topological polar surface area (TPSA) is 64.4 Å². The van der Waals surface area contributed by atoms with Crippen LogP contribution in [0.4, 0.5) is 0 Å². The van der Waals surface area contributed by atoms with E-state index < -0.39 is 0 Å². The number of hydrogen-bond acceptors (Lipinski definition) is 3. The van der Waals surface area contributed by atoms with E-state index in [4.69, 9.17) is 0 Å². The molecule has 1 aliphatic heterocycles. The first-order valence-electron chi connectivity index (χ1n) is 9.30. The molecule has 142 valence electrons. The Morgan fingerprint density at radius 2 is 1.96 bits per heavy atom. The molecule has 5 nitrogen and oxygen atoms in total. The molecule has 2 amide bonds. The number of amides is 2. The van der Waals surface area contributed by atoms with Crippen molar-refractivity contribution in [2.24, 2.45) is 0 Å². The average molecular weight is 373 g/mol. The quantitative estimate of drug-likeness (QED) is 0.774. The fraction of sp³-hybridized carbons (Fsp3) is 0.261. The summed E-state index contributed by atoms with van der Waals surface area (Å²) in [5, 5.41) is 9.22. The van der Waals surface area contributed by atoms with Crippen LogP contribution in [0.15, 0.2) is 61.2 Å². The van der Waals surface area contributed by atoms with E-state index in [1.165, 1.54) is 6.08 Å². The smallest absolute Gasteiger partial charge is 0.254 e. The molecule has 2 aromatic rings. The minimum Gasteiger partial charge on any atom is -0.335 e. The number of carbonyl (C=O) groups excluding carboxylic acids is 2. The lowest BCUT2D eigenvalue weighted by Gasteiger charge is -2.41. The van der Waals surface area contributed by atoms with Crippen LogP contribution >= 0.6 is 0 Å². The fourth-order valence-corrected chi connectivity index (χ4v) is 3.65. The highest BCUT2D eigenvalue weighted by atomic mass is 16.2. The van der Waals surface area contributed by atoms with Gasteiger partial charge in [-0.05, 0) is 48.7 Å². The molecule has 1 saturated heterocycles. The predicted molar refractivity (Wildman–Crippen MR) is 108 cm³/mol. The minimum absolute atomic E-state index is 0.105. The van der Waals surface area contributed by atoms with E-state index in [-0.39, 0.29) is 17.9 Å². The van der Waals surface area contributed by atoms with E-state index in [0.717, 1.165) is 11.1 Å². The molecule has 0 radical (unpaired) electrons. The molecule has 1 fully saturated rings. The summed E-state index contributed by atoms with van der Waals surface area (Å²) in [6.07, 6.45) is 1.97. The molecule has 0 bridgehead atoms. The highest BCUT2D eigenvalue weighted by Crippen LogP contribution is 2.20. The zero-order valence-electron chi connectivity index (χ0n) is 16.0. The van der Waals surface area contributed by atoms with Gasteiger partial charge in [-0.1, -0.05) is 36.9 Å². The van der Waals surface area contributed by atoms with Gasteiger partial charge in [0.2, 0.25) is 5.91 Å². The van der Waals surface area contributed by atoms with Gasteiger partial charge >= 0.3 is 0 Å². The molecule has 1 heterocycles. The number of rotatable bonds is 4. The molecule has 5 heteroatoms. The molecule has 0 aliphatic carbocycles. The second kappa shape index (κ2) is 8.53. The fourth-order valence-electron chi connectivity index (χ4n) is 3.65. The Morgan fingerprint density at radius 1 is 1.21 bits per heavy atom. The van der Waals surface area contributed by atoms with Gasteiger partial charge in [-0.25, -0.2) is 0 Å². The Hall–Kier alpha value is -3.39. The van der Waals surface area contributed by atoms with E-state index >= 15 is 0 Å². The van der Waals surface area contributed by atoms with E-state index in [2.05, 4.69) is 12.6 Å². The Balaban J connectivity index is 1.89. The number of aryl methyl sites for hydroxylation is 1. The van der Waals surface area contributed by atoms with Crippen molar-refractivity contribution in [3.8, 4) is 6.07 Å². The summed E-state index contributed by atoms with van der Waals surface area (Å²) < 4.78 is 0. The van der Waals surface area contributed by atoms with Crippen LogP contribution in [-0.2, 0) is 11.2 Å². The van der Waals surface area contributed by atoms with E-state index in [1.807, 2.05) is 48.2 Å². The van der Waals surface area contributed by atoms with Gasteiger partial charge < -0.3 is 9.80 Å². The Kier molecular flexibility index (Phi) is 5.90. The molecule has 1 atom stereocenters. The summed E-state index contributed by atoms with van der Waals surface area (Å²) in [5.41, 5.74) is 2.98. The lowest BCUT2D eigenvalue weighted by Crippen LogP contribution is -2.57. The maximum Gasteiger partial charge on any atom is 0.254 e. The first-order valence-corrected chi connectivity index (χ1v) is 9.30. The number of nitriles is 1. The number of hydrogen-bond donors (Lipinski definition) is 0. The zero-order valence-corrected chi connectivity index (χ0v) is 16.0. The van der Waals surface area contributed by atoms with Crippen LogP contribution in [0.5, 0.6) is 0 Å². The molecule has 0 spiro atoms. The van der Waals surface area contributed by atoms with Crippen LogP contribution in [-0.4, -0.2) is 47.3 Å². The molecular weight excluding hydrogens is 350 g/mol.